The molecular formula is C20H13F2N7O. The van der Waals surface area contributed by atoms with Crippen LogP contribution in [0.5, 0.6) is 0 Å². The van der Waals surface area contributed by atoms with Gasteiger partial charge in [-0.1, -0.05) is 12.6 Å². The summed E-state index contributed by atoms with van der Waals surface area (Å²) in [6.07, 6.45) is 7.11. The van der Waals surface area contributed by atoms with Gasteiger partial charge in [0.1, 0.15) is 6.07 Å². The molecule has 1 amide bonds. The maximum absolute atomic E-state index is 12.9. The van der Waals surface area contributed by atoms with Crippen molar-refractivity contribution in [3.63, 3.8) is 0 Å². The Balaban J connectivity index is 1.89. The Hall–Kier alpha value is -4.39. The number of nitrogens with zero attached hydrogens (tertiary/aromatic N) is 6. The summed E-state index contributed by atoms with van der Waals surface area (Å²) in [5.74, 6) is -0.682. The number of nitriles is 1. The summed E-state index contributed by atoms with van der Waals surface area (Å²) in [4.78, 5) is 15.5. The standard InChI is InChI=1S/C20H13F2N7O/c1-11(19(24)30)17-3-2-12(6-25-17)16-4-13(15-8-27-29(10-15)20(21)22)9-28-18(16)14(5-23)7-26-28/h2-4,6-10,20H,1H2,(H2,24,30). The molecular weight excluding hydrogens is 392 g/mol. The highest BCUT2D eigenvalue weighted by atomic mass is 19.3. The molecule has 0 bridgehead atoms. The van der Waals surface area contributed by atoms with Gasteiger partial charge in [-0.2, -0.15) is 24.2 Å². The van der Waals surface area contributed by atoms with E-state index in [1.165, 1.54) is 29.3 Å². The molecule has 0 aliphatic carbocycles. The summed E-state index contributed by atoms with van der Waals surface area (Å²) < 4.78 is 27.9. The molecule has 148 valence electrons. The van der Waals surface area contributed by atoms with E-state index in [4.69, 9.17) is 5.73 Å². The number of nitrogens with two attached hydrogens (primary N) is 1. The normalized spacial score (nSPS) is 11.0. The summed E-state index contributed by atoms with van der Waals surface area (Å²) in [6, 6.07) is 7.12. The lowest BCUT2D eigenvalue weighted by Crippen LogP contribution is -2.12. The van der Waals surface area contributed by atoms with Crippen molar-refractivity contribution in [2.24, 2.45) is 5.73 Å². The maximum atomic E-state index is 12.9. The minimum atomic E-state index is -2.76. The molecule has 0 unspecified atom stereocenters. The van der Waals surface area contributed by atoms with Crippen molar-refractivity contribution in [2.45, 2.75) is 6.55 Å². The lowest BCUT2D eigenvalue weighted by Gasteiger charge is -2.09. The first kappa shape index (κ1) is 18.9. The van der Waals surface area contributed by atoms with Crippen molar-refractivity contribution in [3.05, 3.63) is 67.0 Å². The molecule has 8 nitrogen and oxygen atoms in total. The fourth-order valence-electron chi connectivity index (χ4n) is 3.03. The Labute approximate surface area is 168 Å². The molecule has 0 aliphatic heterocycles. The topological polar surface area (TPSA) is 115 Å². The molecule has 2 N–H and O–H groups in total. The number of pyridine rings is 2. The van der Waals surface area contributed by atoms with Crippen LogP contribution in [0.4, 0.5) is 8.78 Å². The van der Waals surface area contributed by atoms with Gasteiger partial charge in [0.2, 0.25) is 5.91 Å². The molecule has 0 spiro atoms. The summed E-state index contributed by atoms with van der Waals surface area (Å²) >= 11 is 0. The smallest absolute Gasteiger partial charge is 0.333 e. The van der Waals surface area contributed by atoms with Crippen molar-refractivity contribution in [3.8, 4) is 28.3 Å². The number of rotatable bonds is 5. The van der Waals surface area contributed by atoms with Gasteiger partial charge in [0, 0.05) is 40.8 Å². The van der Waals surface area contributed by atoms with E-state index in [2.05, 4.69) is 27.8 Å². The molecule has 4 heterocycles. The highest BCUT2D eigenvalue weighted by molar-refractivity contribution is 6.17. The van der Waals surface area contributed by atoms with Crippen LogP contribution < -0.4 is 5.73 Å². The number of fused-ring (bicyclic) bond motifs is 1. The summed E-state index contributed by atoms with van der Waals surface area (Å²) in [5, 5.41) is 17.3. The molecule has 30 heavy (non-hydrogen) atoms. The second-order valence-corrected chi connectivity index (χ2v) is 6.37. The van der Waals surface area contributed by atoms with E-state index in [9.17, 15) is 18.8 Å². The zero-order valence-corrected chi connectivity index (χ0v) is 15.3. The first-order valence-corrected chi connectivity index (χ1v) is 8.58. The molecule has 10 heteroatoms. The van der Waals surface area contributed by atoms with E-state index in [0.29, 0.717) is 43.7 Å². The quantitative estimate of drug-likeness (QED) is 0.513. The molecule has 0 atom stereocenters. The van der Waals surface area contributed by atoms with Crippen LogP contribution in [0.1, 0.15) is 17.8 Å². The number of hydrogen-bond acceptors (Lipinski definition) is 5. The van der Waals surface area contributed by atoms with Crippen molar-refractivity contribution >= 4 is 17.0 Å². The van der Waals surface area contributed by atoms with Gasteiger partial charge in [0.05, 0.1) is 34.7 Å². The molecule has 4 aromatic heterocycles. The van der Waals surface area contributed by atoms with E-state index in [-0.39, 0.29) is 5.57 Å². The zero-order chi connectivity index (χ0) is 21.4. The molecule has 0 aromatic carbocycles. The van der Waals surface area contributed by atoms with Gasteiger partial charge < -0.3 is 5.73 Å². The van der Waals surface area contributed by atoms with Gasteiger partial charge >= 0.3 is 6.55 Å². The Kier molecular flexibility index (Phi) is 4.56. The first-order chi connectivity index (χ1) is 14.4. The largest absolute Gasteiger partial charge is 0.366 e. The number of amides is 1. The average molecular weight is 405 g/mol. The number of halogens is 2. The van der Waals surface area contributed by atoms with Crippen LogP contribution in [0.25, 0.3) is 33.3 Å². The van der Waals surface area contributed by atoms with Crippen molar-refractivity contribution in [2.75, 3.05) is 0 Å². The second kappa shape index (κ2) is 7.21. The van der Waals surface area contributed by atoms with Crippen LogP contribution in [0.3, 0.4) is 0 Å². The molecule has 0 saturated carbocycles. The maximum Gasteiger partial charge on any atom is 0.333 e. The Morgan fingerprint density at radius 2 is 1.93 bits per heavy atom. The molecule has 0 aliphatic rings. The van der Waals surface area contributed by atoms with Crippen LogP contribution in [0, 0.1) is 11.3 Å². The third-order valence-corrected chi connectivity index (χ3v) is 4.55. The van der Waals surface area contributed by atoms with Crippen LogP contribution in [0.2, 0.25) is 0 Å². The average Bonchev–Trinajstić information content (AvgIpc) is 3.40. The van der Waals surface area contributed by atoms with Crippen molar-refractivity contribution in [1.82, 2.24) is 24.4 Å². The summed E-state index contributed by atoms with van der Waals surface area (Å²) in [6.45, 7) is 0.844. The monoisotopic (exact) mass is 405 g/mol. The number of aromatic nitrogens is 5. The van der Waals surface area contributed by atoms with Crippen molar-refractivity contribution < 1.29 is 13.6 Å². The SMILES string of the molecule is C=C(C(N)=O)c1ccc(-c2cc(-c3cnn(C(F)F)c3)cn3ncc(C#N)c23)cn1. The minimum absolute atomic E-state index is 0.0712. The van der Waals surface area contributed by atoms with E-state index in [1.54, 1.807) is 24.4 Å². The van der Waals surface area contributed by atoms with Crippen LogP contribution in [0.15, 0.2) is 55.8 Å². The molecule has 0 fully saturated rings. The van der Waals surface area contributed by atoms with E-state index in [1.807, 2.05) is 0 Å². The number of alkyl halides is 2. The van der Waals surface area contributed by atoms with Crippen LogP contribution >= 0.6 is 0 Å². The highest BCUT2D eigenvalue weighted by Crippen LogP contribution is 2.32. The molecule has 4 aromatic rings. The highest BCUT2D eigenvalue weighted by Gasteiger charge is 2.16. The summed E-state index contributed by atoms with van der Waals surface area (Å²) in [5.41, 5.74) is 8.77. The first-order valence-electron chi connectivity index (χ1n) is 8.58. The van der Waals surface area contributed by atoms with Crippen LogP contribution in [-0.2, 0) is 4.79 Å². The van der Waals surface area contributed by atoms with Gasteiger partial charge in [0.15, 0.2) is 0 Å². The molecule has 0 radical (unpaired) electrons. The van der Waals surface area contributed by atoms with E-state index >= 15 is 0 Å². The van der Waals surface area contributed by atoms with E-state index in [0.717, 1.165) is 0 Å². The van der Waals surface area contributed by atoms with Gasteiger partial charge in [0.25, 0.3) is 0 Å². The number of hydrogen-bond donors (Lipinski definition) is 1. The number of primary amides is 1. The molecule has 0 saturated heterocycles. The summed E-state index contributed by atoms with van der Waals surface area (Å²) in [7, 11) is 0. The van der Waals surface area contributed by atoms with Gasteiger partial charge in [-0.05, 0) is 12.1 Å². The lowest BCUT2D eigenvalue weighted by molar-refractivity contribution is -0.112. The fourth-order valence-corrected chi connectivity index (χ4v) is 3.03. The zero-order valence-electron chi connectivity index (χ0n) is 15.3. The molecule has 4 rings (SSSR count). The Morgan fingerprint density at radius 3 is 2.53 bits per heavy atom. The van der Waals surface area contributed by atoms with Crippen LogP contribution in [-0.4, -0.2) is 30.3 Å². The van der Waals surface area contributed by atoms with Gasteiger partial charge in [-0.25, -0.2) is 9.20 Å². The van der Waals surface area contributed by atoms with Gasteiger partial charge in [-0.15, -0.1) is 0 Å². The predicted octanol–water partition coefficient (Wildman–Crippen LogP) is 3.03. The fraction of sp³-hybridized carbons (Fsp3) is 0.0500. The van der Waals surface area contributed by atoms with Gasteiger partial charge in [-0.3, -0.25) is 9.78 Å². The second-order valence-electron chi connectivity index (χ2n) is 6.37. The Morgan fingerprint density at radius 1 is 1.13 bits per heavy atom. The Bertz CT molecular complexity index is 1330. The van der Waals surface area contributed by atoms with E-state index < -0.39 is 12.5 Å². The lowest BCUT2D eigenvalue weighted by atomic mass is 10.0. The minimum Gasteiger partial charge on any atom is -0.366 e. The predicted molar refractivity (Wildman–Crippen MR) is 104 cm³/mol. The number of carbonyl (C=O) groups is 1. The van der Waals surface area contributed by atoms with Crippen molar-refractivity contribution in [1.29, 1.82) is 5.26 Å². The third-order valence-electron chi connectivity index (χ3n) is 4.55. The third kappa shape index (κ3) is 3.18. The number of carbonyl (C=O) groups excluding carboxylic acids is 1.